The van der Waals surface area contributed by atoms with Crippen molar-refractivity contribution in [3.05, 3.63) is 41.7 Å². The number of nitrogens with one attached hydrogen (secondary N) is 2. The van der Waals surface area contributed by atoms with Gasteiger partial charge in [0.05, 0.1) is 17.6 Å². The molecule has 0 fully saturated rings. The molecule has 1 heterocycles. The highest BCUT2D eigenvalue weighted by molar-refractivity contribution is 7.89. The molecule has 0 saturated carbocycles. The first-order valence-corrected chi connectivity index (χ1v) is 7.75. The Labute approximate surface area is 129 Å². The molecule has 8 heteroatoms. The molecule has 0 bridgehead atoms. The van der Waals surface area contributed by atoms with Gasteiger partial charge in [-0.3, -0.25) is 4.90 Å². The molecule has 0 aliphatic carbocycles. The summed E-state index contributed by atoms with van der Waals surface area (Å²) >= 11 is 5.72. The number of halogens is 2. The van der Waals surface area contributed by atoms with Crippen molar-refractivity contribution in [3.63, 3.8) is 0 Å². The lowest BCUT2D eigenvalue weighted by molar-refractivity contribution is -0.736. The smallest absolute Gasteiger partial charge is 0.240 e. The molecule has 1 aromatic rings. The van der Waals surface area contributed by atoms with E-state index in [4.69, 9.17) is 11.6 Å². The van der Waals surface area contributed by atoms with Crippen molar-refractivity contribution in [2.24, 2.45) is 4.99 Å². The van der Waals surface area contributed by atoms with Gasteiger partial charge in [0.25, 0.3) is 0 Å². The number of hydrogen-bond acceptors (Lipinski definition) is 3. The Balaban J connectivity index is 0.00000200. The molecule has 20 heavy (non-hydrogen) atoms. The summed E-state index contributed by atoms with van der Waals surface area (Å²) in [7, 11) is -3.44. The molecule has 1 aromatic carbocycles. The second-order valence-corrected chi connectivity index (χ2v) is 6.33. The lowest BCUT2D eigenvalue weighted by Crippen LogP contribution is -3.05. The molecule has 1 aliphatic heterocycles. The van der Waals surface area contributed by atoms with Crippen LogP contribution in [0.2, 0.25) is 5.02 Å². The van der Waals surface area contributed by atoms with Gasteiger partial charge in [-0.25, -0.2) is 18.1 Å². The van der Waals surface area contributed by atoms with Gasteiger partial charge in [-0.1, -0.05) is 11.6 Å². The molecule has 0 amide bonds. The van der Waals surface area contributed by atoms with E-state index in [1.165, 1.54) is 12.1 Å². The Morgan fingerprint density at radius 3 is 2.55 bits per heavy atom. The molecule has 1 unspecified atom stereocenters. The SMILES string of the molecule is O=S(=O)(NCCC[NH+]1C=CN=C1)c1ccc(Cl)cc1.[Cl-]. The van der Waals surface area contributed by atoms with E-state index in [-0.39, 0.29) is 17.3 Å². The number of nitrogens with zero attached hydrogens (tertiary/aromatic N) is 1. The molecule has 0 spiro atoms. The Morgan fingerprint density at radius 1 is 1.25 bits per heavy atom. The molecule has 5 nitrogen and oxygen atoms in total. The van der Waals surface area contributed by atoms with Crippen LogP contribution >= 0.6 is 11.6 Å². The van der Waals surface area contributed by atoms with E-state index in [0.29, 0.717) is 11.6 Å². The zero-order valence-electron chi connectivity index (χ0n) is 10.6. The van der Waals surface area contributed by atoms with Crippen molar-refractivity contribution in [2.45, 2.75) is 11.3 Å². The lowest BCUT2D eigenvalue weighted by atomic mass is 10.4. The Bertz CT molecular complexity index is 573. The van der Waals surface area contributed by atoms with Crippen LogP contribution in [-0.4, -0.2) is 27.8 Å². The predicted octanol–water partition coefficient (Wildman–Crippen LogP) is -2.59. The van der Waals surface area contributed by atoms with Gasteiger partial charge in [0.1, 0.15) is 6.20 Å². The first-order valence-electron chi connectivity index (χ1n) is 5.89. The van der Waals surface area contributed by atoms with Crippen LogP contribution in [-0.2, 0) is 10.0 Å². The van der Waals surface area contributed by atoms with E-state index in [0.717, 1.165) is 17.9 Å². The maximum absolute atomic E-state index is 11.9. The van der Waals surface area contributed by atoms with E-state index in [1.54, 1.807) is 24.7 Å². The molecule has 0 aromatic heterocycles. The summed E-state index contributed by atoms with van der Waals surface area (Å²) in [4.78, 5) is 5.30. The van der Waals surface area contributed by atoms with Crippen LogP contribution in [0.4, 0.5) is 0 Å². The first-order chi connectivity index (χ1) is 9.08. The van der Waals surface area contributed by atoms with Crippen molar-refractivity contribution in [1.82, 2.24) is 4.72 Å². The van der Waals surface area contributed by atoms with Crippen molar-refractivity contribution in [1.29, 1.82) is 0 Å². The summed E-state index contributed by atoms with van der Waals surface area (Å²) in [5.41, 5.74) is 0. The molecule has 110 valence electrons. The van der Waals surface area contributed by atoms with Gasteiger partial charge in [0.15, 0.2) is 6.34 Å². The standard InChI is InChI=1S/C12H14ClN3O2S.ClH/c13-11-2-4-12(5-3-11)19(17,18)15-6-1-8-16-9-7-14-10-16;/h2-5,7,9-10,15H,1,6,8H2;1H. The molecular formula is C12H15Cl2N3O2S. The summed E-state index contributed by atoms with van der Waals surface area (Å²) in [5, 5.41) is 0.516. The summed E-state index contributed by atoms with van der Waals surface area (Å²) in [6, 6.07) is 6.11. The van der Waals surface area contributed by atoms with Crippen molar-refractivity contribution in [3.8, 4) is 0 Å². The maximum Gasteiger partial charge on any atom is 0.240 e. The average Bonchev–Trinajstić information content (AvgIpc) is 2.88. The molecule has 1 atom stereocenters. The summed E-state index contributed by atoms with van der Waals surface area (Å²) < 4.78 is 26.4. The van der Waals surface area contributed by atoms with Crippen LogP contribution in [0.25, 0.3) is 0 Å². The van der Waals surface area contributed by atoms with Crippen molar-refractivity contribution < 1.29 is 25.7 Å². The zero-order chi connectivity index (χ0) is 13.7. The second kappa shape index (κ2) is 7.75. The minimum atomic E-state index is -3.44. The number of benzene rings is 1. The van der Waals surface area contributed by atoms with Crippen LogP contribution in [0.1, 0.15) is 6.42 Å². The highest BCUT2D eigenvalue weighted by Crippen LogP contribution is 2.13. The van der Waals surface area contributed by atoms with Crippen LogP contribution in [0.15, 0.2) is 46.6 Å². The third-order valence-electron chi connectivity index (χ3n) is 2.67. The molecule has 0 saturated heterocycles. The largest absolute Gasteiger partial charge is 1.00 e. The van der Waals surface area contributed by atoms with E-state index in [1.807, 2.05) is 6.20 Å². The second-order valence-electron chi connectivity index (χ2n) is 4.12. The van der Waals surface area contributed by atoms with Crippen LogP contribution in [0.5, 0.6) is 0 Å². The van der Waals surface area contributed by atoms with E-state index in [2.05, 4.69) is 9.71 Å². The fraction of sp³-hybridized carbons (Fsp3) is 0.250. The minimum absolute atomic E-state index is 0. The normalized spacial score (nSPS) is 17.1. The van der Waals surface area contributed by atoms with E-state index >= 15 is 0 Å². The van der Waals surface area contributed by atoms with Gasteiger partial charge in [0.2, 0.25) is 10.0 Å². The van der Waals surface area contributed by atoms with Gasteiger partial charge in [-0.05, 0) is 24.3 Å². The highest BCUT2D eigenvalue weighted by Gasteiger charge is 2.13. The van der Waals surface area contributed by atoms with Crippen molar-refractivity contribution >= 4 is 28.0 Å². The number of quaternary nitrogens is 1. The van der Waals surface area contributed by atoms with E-state index < -0.39 is 10.0 Å². The number of sulfonamides is 1. The third kappa shape index (κ3) is 4.88. The van der Waals surface area contributed by atoms with Crippen LogP contribution in [0.3, 0.4) is 0 Å². The maximum atomic E-state index is 11.9. The van der Waals surface area contributed by atoms with Gasteiger partial charge in [-0.2, -0.15) is 0 Å². The quantitative estimate of drug-likeness (QED) is 0.560. The van der Waals surface area contributed by atoms with Gasteiger partial charge >= 0.3 is 0 Å². The van der Waals surface area contributed by atoms with Crippen LogP contribution < -0.4 is 22.0 Å². The summed E-state index contributed by atoms with van der Waals surface area (Å²) in [5.74, 6) is 0. The predicted molar refractivity (Wildman–Crippen MR) is 74.7 cm³/mol. The van der Waals surface area contributed by atoms with Gasteiger partial charge < -0.3 is 12.4 Å². The first kappa shape index (κ1) is 17.1. The third-order valence-corrected chi connectivity index (χ3v) is 4.40. The zero-order valence-corrected chi connectivity index (χ0v) is 12.9. The molecule has 0 radical (unpaired) electrons. The Morgan fingerprint density at radius 2 is 1.95 bits per heavy atom. The molecule has 1 aliphatic rings. The highest BCUT2D eigenvalue weighted by atomic mass is 35.5. The number of hydrogen-bond donors (Lipinski definition) is 2. The van der Waals surface area contributed by atoms with E-state index in [9.17, 15) is 8.42 Å². The van der Waals surface area contributed by atoms with Crippen LogP contribution in [0, 0.1) is 0 Å². The summed E-state index contributed by atoms with van der Waals surface area (Å²) in [6.45, 7) is 1.21. The summed E-state index contributed by atoms with van der Waals surface area (Å²) in [6.07, 6.45) is 6.17. The Kier molecular flexibility index (Phi) is 6.64. The average molecular weight is 336 g/mol. The Hall–Kier alpha value is -0.920. The monoisotopic (exact) mass is 335 g/mol. The topological polar surface area (TPSA) is 63.0 Å². The fourth-order valence-corrected chi connectivity index (χ4v) is 2.86. The lowest BCUT2D eigenvalue weighted by Gasteiger charge is -2.08. The molecule has 2 rings (SSSR count). The number of rotatable bonds is 6. The van der Waals surface area contributed by atoms with Gasteiger partial charge in [-0.15, -0.1) is 0 Å². The minimum Gasteiger partial charge on any atom is -1.00 e. The fourth-order valence-electron chi connectivity index (χ4n) is 1.66. The number of aliphatic imine (C=N–C) groups is 1. The molecular weight excluding hydrogens is 321 g/mol. The van der Waals surface area contributed by atoms with Gasteiger partial charge in [0, 0.05) is 18.0 Å². The molecule has 2 N–H and O–H groups in total. The van der Waals surface area contributed by atoms with Crippen molar-refractivity contribution in [2.75, 3.05) is 13.1 Å².